The fraction of sp³-hybridized carbons (Fsp3) is 0.760. The lowest BCUT2D eigenvalue weighted by molar-refractivity contribution is -0.351. The van der Waals surface area contributed by atoms with Gasteiger partial charge in [-0.05, 0) is 20.8 Å². The lowest BCUT2D eigenvalue weighted by Gasteiger charge is -2.65. The molecule has 1 N–H and O–H groups in total. The second-order valence-electron chi connectivity index (χ2n) is 10.8. The van der Waals surface area contributed by atoms with Crippen LogP contribution in [-0.4, -0.2) is 88.6 Å². The summed E-state index contributed by atoms with van der Waals surface area (Å²) < 4.78 is 34.2. The Morgan fingerprint density at radius 1 is 0.816 bits per heavy atom. The third-order valence-corrected chi connectivity index (χ3v) is 7.55. The summed E-state index contributed by atoms with van der Waals surface area (Å²) in [4.78, 5) is 75.5. The SMILES string of the molecule is CC(=O)OC[C@]12[C@H](OC(C)=O)C(=O)[C@@H]3[C@@H](OC(C)=O)[C@]1(OC3(C)C)[C@@](C)(O)C[C@H](OC(C)=O)[C@@H]2OC(C)=O. The predicted octanol–water partition coefficient (Wildman–Crippen LogP) is 0.164. The summed E-state index contributed by atoms with van der Waals surface area (Å²) in [6, 6.07) is 0. The number of aliphatic hydroxyl groups is 1. The molecule has 0 aromatic heterocycles. The molecule has 38 heavy (non-hydrogen) atoms. The van der Waals surface area contributed by atoms with E-state index in [1.165, 1.54) is 20.8 Å². The highest BCUT2D eigenvalue weighted by atomic mass is 16.6. The van der Waals surface area contributed by atoms with E-state index in [1.54, 1.807) is 0 Å². The van der Waals surface area contributed by atoms with E-state index in [2.05, 4.69) is 0 Å². The van der Waals surface area contributed by atoms with Crippen LogP contribution in [0, 0.1) is 11.3 Å². The first-order valence-corrected chi connectivity index (χ1v) is 12.1. The molecule has 1 aliphatic heterocycles. The summed E-state index contributed by atoms with van der Waals surface area (Å²) in [5, 5.41) is 12.1. The summed E-state index contributed by atoms with van der Waals surface area (Å²) >= 11 is 0. The highest BCUT2D eigenvalue weighted by Crippen LogP contribution is 2.68. The number of ketones is 1. The topological polar surface area (TPSA) is 178 Å². The molecule has 0 radical (unpaired) electrons. The van der Waals surface area contributed by atoms with Crippen LogP contribution in [0.25, 0.3) is 0 Å². The van der Waals surface area contributed by atoms with E-state index in [4.69, 9.17) is 28.4 Å². The quantitative estimate of drug-likeness (QED) is 0.355. The first-order valence-electron chi connectivity index (χ1n) is 12.1. The summed E-state index contributed by atoms with van der Waals surface area (Å²) in [7, 11) is 0. The van der Waals surface area contributed by atoms with E-state index in [0.29, 0.717) is 0 Å². The Morgan fingerprint density at radius 3 is 1.79 bits per heavy atom. The number of rotatable bonds is 6. The maximum Gasteiger partial charge on any atom is 0.303 e. The van der Waals surface area contributed by atoms with E-state index < -0.39 is 101 Å². The standard InChI is InChI=1S/C25H34O13/c1-11(26)33-10-24-19(35-13(3)28)16(34-12(2)27)9-23(8,32)25(24)20(36-14(4)29)17(22(6,7)38-25)18(31)21(24)37-15(5)30/h16-17,19-21,32H,9-10H2,1-8H3/t16-,17+,19-,20+,21+,23-,24-,25-/m0/s1. The van der Waals surface area contributed by atoms with Crippen molar-refractivity contribution in [2.45, 2.75) is 103 Å². The van der Waals surface area contributed by atoms with Crippen LogP contribution in [0.1, 0.15) is 61.8 Å². The van der Waals surface area contributed by atoms with Crippen LogP contribution in [0.15, 0.2) is 0 Å². The minimum absolute atomic E-state index is 0.409. The molecule has 13 nitrogen and oxygen atoms in total. The van der Waals surface area contributed by atoms with Crippen LogP contribution in [0.2, 0.25) is 0 Å². The van der Waals surface area contributed by atoms with Gasteiger partial charge < -0.3 is 33.5 Å². The molecule has 0 amide bonds. The smallest absolute Gasteiger partial charge is 0.303 e. The highest BCUT2D eigenvalue weighted by molar-refractivity contribution is 5.93. The van der Waals surface area contributed by atoms with E-state index >= 15 is 0 Å². The van der Waals surface area contributed by atoms with Crippen molar-refractivity contribution in [3.8, 4) is 0 Å². The first-order chi connectivity index (χ1) is 17.3. The number of fused-ring (bicyclic) bond motifs is 1. The van der Waals surface area contributed by atoms with Gasteiger partial charge in [-0.25, -0.2) is 0 Å². The summed E-state index contributed by atoms with van der Waals surface area (Å²) in [6.07, 6.45) is -6.83. The second-order valence-corrected chi connectivity index (χ2v) is 10.8. The van der Waals surface area contributed by atoms with Crippen molar-refractivity contribution in [2.24, 2.45) is 11.3 Å². The van der Waals surface area contributed by atoms with Gasteiger partial charge in [-0.15, -0.1) is 0 Å². The number of hydrogen-bond acceptors (Lipinski definition) is 13. The molecule has 13 heteroatoms. The molecule has 8 atom stereocenters. The van der Waals surface area contributed by atoms with E-state index in [-0.39, 0.29) is 0 Å². The molecule has 2 bridgehead atoms. The van der Waals surface area contributed by atoms with Crippen molar-refractivity contribution >= 4 is 35.6 Å². The van der Waals surface area contributed by atoms with Gasteiger partial charge in [0.25, 0.3) is 0 Å². The molecule has 212 valence electrons. The third kappa shape index (κ3) is 4.35. The van der Waals surface area contributed by atoms with E-state index in [0.717, 1.165) is 34.6 Å². The monoisotopic (exact) mass is 542 g/mol. The lowest BCUT2D eigenvalue weighted by Crippen LogP contribution is -2.85. The zero-order valence-electron chi connectivity index (χ0n) is 22.6. The first kappa shape index (κ1) is 29.5. The fourth-order valence-corrected chi connectivity index (χ4v) is 6.68. The maximum atomic E-state index is 14.2. The lowest BCUT2D eigenvalue weighted by atomic mass is 9.46. The number of ether oxygens (including phenoxy) is 6. The van der Waals surface area contributed by atoms with Gasteiger partial charge in [-0.2, -0.15) is 0 Å². The molecular formula is C25H34O13. The number of esters is 5. The van der Waals surface area contributed by atoms with Crippen LogP contribution in [0.4, 0.5) is 0 Å². The van der Waals surface area contributed by atoms with Gasteiger partial charge >= 0.3 is 29.8 Å². The zero-order valence-corrected chi connectivity index (χ0v) is 22.6. The Labute approximate surface area is 219 Å². The van der Waals surface area contributed by atoms with Gasteiger partial charge in [0, 0.05) is 41.0 Å². The maximum absolute atomic E-state index is 14.2. The average molecular weight is 543 g/mol. The second kappa shape index (κ2) is 9.60. The molecule has 3 aliphatic rings. The highest BCUT2D eigenvalue weighted by Gasteiger charge is 2.88. The molecule has 1 heterocycles. The molecule has 0 aromatic carbocycles. The minimum Gasteiger partial charge on any atom is -0.465 e. The summed E-state index contributed by atoms with van der Waals surface area (Å²) in [6.45, 7) is 8.92. The fourth-order valence-electron chi connectivity index (χ4n) is 6.68. The van der Waals surface area contributed by atoms with Crippen LogP contribution < -0.4 is 0 Å². The molecule has 0 aromatic rings. The summed E-state index contributed by atoms with van der Waals surface area (Å²) in [5.74, 6) is -6.30. The van der Waals surface area contributed by atoms with Crippen molar-refractivity contribution in [2.75, 3.05) is 6.61 Å². The molecule has 3 rings (SSSR count). The largest absolute Gasteiger partial charge is 0.465 e. The Morgan fingerprint density at radius 2 is 1.32 bits per heavy atom. The van der Waals surface area contributed by atoms with Crippen molar-refractivity contribution in [1.29, 1.82) is 0 Å². The Bertz CT molecular complexity index is 1060. The normalized spacial score (nSPS) is 38.9. The van der Waals surface area contributed by atoms with E-state index in [1.807, 2.05) is 0 Å². The van der Waals surface area contributed by atoms with Crippen LogP contribution in [-0.2, 0) is 57.2 Å². The molecule has 1 spiro atoms. The predicted molar refractivity (Wildman–Crippen MR) is 123 cm³/mol. The van der Waals surface area contributed by atoms with Crippen LogP contribution in [0.5, 0.6) is 0 Å². The zero-order chi connectivity index (χ0) is 29.0. The average Bonchev–Trinajstić information content (AvgIpc) is 2.93. The molecule has 3 fully saturated rings. The molecule has 2 aliphatic carbocycles. The minimum atomic E-state index is -2.24. The Kier molecular flexibility index (Phi) is 7.45. The van der Waals surface area contributed by atoms with Gasteiger partial charge in [-0.1, -0.05) is 0 Å². The Hall–Kier alpha value is -3.06. The van der Waals surface area contributed by atoms with Gasteiger partial charge in [-0.3, -0.25) is 28.8 Å². The number of Topliss-reactive ketones (excluding diaryl/α,β-unsaturated/α-hetero) is 1. The van der Waals surface area contributed by atoms with Gasteiger partial charge in [0.1, 0.15) is 24.2 Å². The van der Waals surface area contributed by atoms with Crippen molar-refractivity contribution < 1.29 is 62.3 Å². The number of carbonyl (C=O) groups excluding carboxylic acids is 6. The van der Waals surface area contributed by atoms with Crippen molar-refractivity contribution in [3.05, 3.63) is 0 Å². The van der Waals surface area contributed by atoms with E-state index in [9.17, 15) is 33.9 Å². The number of hydrogen-bond donors (Lipinski definition) is 1. The molecule has 0 unspecified atom stereocenters. The van der Waals surface area contributed by atoms with Crippen LogP contribution >= 0.6 is 0 Å². The van der Waals surface area contributed by atoms with Crippen molar-refractivity contribution in [1.82, 2.24) is 0 Å². The van der Waals surface area contributed by atoms with Gasteiger partial charge in [0.2, 0.25) is 0 Å². The number of carbonyl (C=O) groups is 6. The Balaban J connectivity index is 2.52. The summed E-state index contributed by atoms with van der Waals surface area (Å²) in [5.41, 5.74) is -7.93. The molecular weight excluding hydrogens is 508 g/mol. The van der Waals surface area contributed by atoms with Crippen LogP contribution in [0.3, 0.4) is 0 Å². The molecule has 2 saturated carbocycles. The molecule has 1 saturated heterocycles. The van der Waals surface area contributed by atoms with Crippen molar-refractivity contribution in [3.63, 3.8) is 0 Å². The van der Waals surface area contributed by atoms with Gasteiger partial charge in [0.05, 0.1) is 17.1 Å². The van der Waals surface area contributed by atoms with Gasteiger partial charge in [0.15, 0.2) is 23.6 Å². The third-order valence-electron chi connectivity index (χ3n) is 7.55.